The summed E-state index contributed by atoms with van der Waals surface area (Å²) in [5, 5.41) is 0.370. The molecule has 0 bridgehead atoms. The first-order chi connectivity index (χ1) is 8.93. The fourth-order valence-corrected chi connectivity index (χ4v) is 1.89. The average Bonchev–Trinajstić information content (AvgIpc) is 2.31. The fraction of sp³-hybridized carbons (Fsp3) is 0.500. The normalized spacial score (nSPS) is 11.1. The maximum absolute atomic E-state index is 13.0. The minimum Gasteiger partial charge on any atom is -0.465 e. The first kappa shape index (κ1) is 15.9. The number of benzene rings is 1. The van der Waals surface area contributed by atoms with Gasteiger partial charge in [-0.1, -0.05) is 17.7 Å². The van der Waals surface area contributed by atoms with Crippen molar-refractivity contribution in [1.82, 2.24) is 4.90 Å². The summed E-state index contributed by atoms with van der Waals surface area (Å²) in [4.78, 5) is 13.5. The van der Waals surface area contributed by atoms with E-state index in [4.69, 9.17) is 16.3 Å². The molecule has 5 heteroatoms. The van der Waals surface area contributed by atoms with E-state index in [0.717, 1.165) is 5.56 Å². The number of carbonyl (C=O) groups is 1. The first-order valence-electron chi connectivity index (χ1n) is 6.27. The van der Waals surface area contributed by atoms with Gasteiger partial charge in [-0.05, 0) is 38.5 Å². The molecule has 0 aliphatic rings. The van der Waals surface area contributed by atoms with Crippen LogP contribution >= 0.6 is 11.6 Å². The molecule has 0 radical (unpaired) electrons. The number of ether oxygens (including phenoxy) is 1. The molecular formula is C14H19ClFNO2. The molecule has 0 fully saturated rings. The molecule has 0 aliphatic heterocycles. The Kier molecular flexibility index (Phi) is 6.25. The van der Waals surface area contributed by atoms with Crippen molar-refractivity contribution in [1.29, 1.82) is 0 Å². The van der Waals surface area contributed by atoms with Gasteiger partial charge in [0.25, 0.3) is 0 Å². The van der Waals surface area contributed by atoms with Gasteiger partial charge in [-0.3, -0.25) is 9.69 Å². The molecule has 0 saturated heterocycles. The van der Waals surface area contributed by atoms with Crippen molar-refractivity contribution < 1.29 is 13.9 Å². The first-order valence-corrected chi connectivity index (χ1v) is 6.65. The summed E-state index contributed by atoms with van der Waals surface area (Å²) >= 11 is 5.99. The van der Waals surface area contributed by atoms with Crippen molar-refractivity contribution in [3.05, 3.63) is 34.6 Å². The van der Waals surface area contributed by atoms with Crippen molar-refractivity contribution in [2.75, 3.05) is 13.2 Å². The van der Waals surface area contributed by atoms with E-state index in [2.05, 4.69) is 0 Å². The zero-order valence-electron chi connectivity index (χ0n) is 11.5. The Morgan fingerprint density at radius 3 is 2.68 bits per heavy atom. The van der Waals surface area contributed by atoms with Gasteiger partial charge in [0.15, 0.2) is 0 Å². The standard InChI is InChI=1S/C14H19ClFNO2/c1-4-19-14(18)9-17(10(2)3)8-11-5-6-12(16)7-13(11)15/h5-7,10H,4,8-9H2,1-3H3. The maximum atomic E-state index is 13.0. The predicted molar refractivity (Wildman–Crippen MR) is 73.6 cm³/mol. The molecule has 0 unspecified atom stereocenters. The van der Waals surface area contributed by atoms with E-state index in [-0.39, 0.29) is 24.4 Å². The third-order valence-electron chi connectivity index (χ3n) is 2.76. The lowest BCUT2D eigenvalue weighted by Crippen LogP contribution is -2.36. The highest BCUT2D eigenvalue weighted by Gasteiger charge is 2.16. The van der Waals surface area contributed by atoms with Gasteiger partial charge in [-0.2, -0.15) is 0 Å². The molecule has 0 aliphatic carbocycles. The topological polar surface area (TPSA) is 29.5 Å². The minimum atomic E-state index is -0.366. The summed E-state index contributed by atoms with van der Waals surface area (Å²) in [7, 11) is 0. The van der Waals surface area contributed by atoms with Gasteiger partial charge in [-0.15, -0.1) is 0 Å². The Balaban J connectivity index is 2.75. The average molecular weight is 288 g/mol. The molecule has 1 rings (SSSR count). The Labute approximate surface area is 118 Å². The minimum absolute atomic E-state index is 0.158. The smallest absolute Gasteiger partial charge is 0.320 e. The second kappa shape index (κ2) is 7.46. The molecule has 0 aromatic heterocycles. The summed E-state index contributed by atoms with van der Waals surface area (Å²) < 4.78 is 17.9. The zero-order valence-corrected chi connectivity index (χ0v) is 12.2. The van der Waals surface area contributed by atoms with Crippen molar-refractivity contribution >= 4 is 17.6 Å². The third-order valence-corrected chi connectivity index (χ3v) is 3.11. The lowest BCUT2D eigenvalue weighted by Gasteiger charge is -2.25. The summed E-state index contributed by atoms with van der Waals surface area (Å²) in [6, 6.07) is 4.44. The lowest BCUT2D eigenvalue weighted by molar-refractivity contribution is -0.145. The van der Waals surface area contributed by atoms with Crippen molar-refractivity contribution in [2.45, 2.75) is 33.4 Å². The van der Waals surface area contributed by atoms with Gasteiger partial charge >= 0.3 is 5.97 Å². The van der Waals surface area contributed by atoms with E-state index in [1.54, 1.807) is 13.0 Å². The highest BCUT2D eigenvalue weighted by molar-refractivity contribution is 6.31. The monoisotopic (exact) mass is 287 g/mol. The van der Waals surface area contributed by atoms with Gasteiger partial charge in [-0.25, -0.2) is 4.39 Å². The quantitative estimate of drug-likeness (QED) is 0.752. The van der Waals surface area contributed by atoms with E-state index in [1.165, 1.54) is 12.1 Å². The van der Waals surface area contributed by atoms with Crippen LogP contribution in [0.25, 0.3) is 0 Å². The number of halogens is 2. The van der Waals surface area contributed by atoms with Gasteiger partial charge < -0.3 is 4.74 Å². The Hall–Kier alpha value is -1.13. The van der Waals surface area contributed by atoms with Crippen molar-refractivity contribution in [3.63, 3.8) is 0 Å². The molecule has 1 aromatic rings. The summed E-state index contributed by atoms with van der Waals surface area (Å²) in [5.41, 5.74) is 0.793. The molecule has 0 heterocycles. The number of carbonyl (C=O) groups excluding carboxylic acids is 1. The van der Waals surface area contributed by atoms with Gasteiger partial charge in [0.2, 0.25) is 0 Å². The van der Waals surface area contributed by atoms with Crippen LogP contribution in [0.3, 0.4) is 0 Å². The molecular weight excluding hydrogens is 269 g/mol. The number of rotatable bonds is 6. The van der Waals surface area contributed by atoms with Crippen LogP contribution in [0.15, 0.2) is 18.2 Å². The van der Waals surface area contributed by atoms with Gasteiger partial charge in [0.1, 0.15) is 5.82 Å². The van der Waals surface area contributed by atoms with Gasteiger partial charge in [0.05, 0.1) is 13.2 Å². The second-order valence-electron chi connectivity index (χ2n) is 4.54. The number of hydrogen-bond donors (Lipinski definition) is 0. The lowest BCUT2D eigenvalue weighted by atomic mass is 10.2. The van der Waals surface area contributed by atoms with Crippen LogP contribution in [0, 0.1) is 5.82 Å². The zero-order chi connectivity index (χ0) is 14.4. The van der Waals surface area contributed by atoms with Crippen LogP contribution < -0.4 is 0 Å². The van der Waals surface area contributed by atoms with Crippen LogP contribution in [0.5, 0.6) is 0 Å². The molecule has 0 spiro atoms. The second-order valence-corrected chi connectivity index (χ2v) is 4.95. The van der Waals surface area contributed by atoms with Crippen molar-refractivity contribution in [3.8, 4) is 0 Å². The molecule has 0 saturated carbocycles. The Morgan fingerprint density at radius 2 is 2.16 bits per heavy atom. The molecule has 0 N–H and O–H groups in total. The van der Waals surface area contributed by atoms with Crippen LogP contribution in [0.4, 0.5) is 4.39 Å². The Bertz CT molecular complexity index is 437. The van der Waals surface area contributed by atoms with Crippen LogP contribution in [-0.2, 0) is 16.1 Å². The highest BCUT2D eigenvalue weighted by Crippen LogP contribution is 2.20. The molecule has 1 aromatic carbocycles. The largest absolute Gasteiger partial charge is 0.465 e. The number of hydrogen-bond acceptors (Lipinski definition) is 3. The number of esters is 1. The maximum Gasteiger partial charge on any atom is 0.320 e. The predicted octanol–water partition coefficient (Wildman–Crippen LogP) is 3.25. The van der Waals surface area contributed by atoms with E-state index >= 15 is 0 Å². The molecule has 19 heavy (non-hydrogen) atoms. The molecule has 3 nitrogen and oxygen atoms in total. The summed E-state index contributed by atoms with van der Waals surface area (Å²) in [6.07, 6.45) is 0. The van der Waals surface area contributed by atoms with Crippen LogP contribution in [0.1, 0.15) is 26.3 Å². The van der Waals surface area contributed by atoms with E-state index in [9.17, 15) is 9.18 Å². The summed E-state index contributed by atoms with van der Waals surface area (Å²) in [5.74, 6) is -0.635. The van der Waals surface area contributed by atoms with Crippen molar-refractivity contribution in [2.24, 2.45) is 0 Å². The van der Waals surface area contributed by atoms with E-state index in [1.807, 2.05) is 18.7 Å². The molecule has 0 amide bonds. The summed E-state index contributed by atoms with van der Waals surface area (Å²) in [6.45, 7) is 6.78. The SMILES string of the molecule is CCOC(=O)CN(Cc1ccc(F)cc1Cl)C(C)C. The number of nitrogens with zero attached hydrogens (tertiary/aromatic N) is 1. The van der Waals surface area contributed by atoms with E-state index in [0.29, 0.717) is 18.2 Å². The van der Waals surface area contributed by atoms with Crippen LogP contribution in [-0.4, -0.2) is 30.1 Å². The Morgan fingerprint density at radius 1 is 1.47 bits per heavy atom. The molecule has 0 atom stereocenters. The molecule has 106 valence electrons. The highest BCUT2D eigenvalue weighted by atomic mass is 35.5. The van der Waals surface area contributed by atoms with Crippen LogP contribution in [0.2, 0.25) is 5.02 Å². The van der Waals surface area contributed by atoms with E-state index < -0.39 is 0 Å². The third kappa shape index (κ3) is 5.17. The van der Waals surface area contributed by atoms with Gasteiger partial charge in [0, 0.05) is 17.6 Å². The fourth-order valence-electron chi connectivity index (χ4n) is 1.66.